The van der Waals surface area contributed by atoms with Crippen LogP contribution in [0.5, 0.6) is 0 Å². The number of rotatable bonds is 5. The molecule has 1 heterocycles. The Morgan fingerprint density at radius 3 is 2.89 bits per heavy atom. The predicted octanol–water partition coefficient (Wildman–Crippen LogP) is 1.91. The van der Waals surface area contributed by atoms with E-state index >= 15 is 0 Å². The fourth-order valence-electron chi connectivity index (χ4n) is 1.82. The molecular formula is C13H14FN3O2. The van der Waals surface area contributed by atoms with Crippen LogP contribution in [0.15, 0.2) is 30.5 Å². The average Bonchev–Trinajstić information content (AvgIpc) is 2.77. The minimum Gasteiger partial charge on any atom is -0.478 e. The van der Waals surface area contributed by atoms with Crippen LogP contribution < -0.4 is 5.32 Å². The number of carboxylic acids is 1. The van der Waals surface area contributed by atoms with Crippen LogP contribution in [0.25, 0.3) is 0 Å². The van der Waals surface area contributed by atoms with Crippen molar-refractivity contribution in [3.8, 4) is 0 Å². The number of benzene rings is 1. The number of anilines is 1. The van der Waals surface area contributed by atoms with Gasteiger partial charge in [-0.3, -0.25) is 4.68 Å². The second-order valence-electron chi connectivity index (χ2n) is 4.12. The number of aromatic nitrogens is 2. The van der Waals surface area contributed by atoms with Gasteiger partial charge in [0.2, 0.25) is 0 Å². The van der Waals surface area contributed by atoms with Crippen molar-refractivity contribution in [2.45, 2.75) is 6.42 Å². The van der Waals surface area contributed by atoms with Crippen molar-refractivity contribution >= 4 is 11.7 Å². The molecule has 5 nitrogen and oxygen atoms in total. The number of carbonyl (C=O) groups is 1. The van der Waals surface area contributed by atoms with Crippen LogP contribution in [0.4, 0.5) is 10.1 Å². The number of aryl methyl sites for hydroxylation is 1. The first-order valence-electron chi connectivity index (χ1n) is 5.81. The number of carboxylic acid groups (broad SMARTS) is 1. The molecular weight excluding hydrogens is 249 g/mol. The summed E-state index contributed by atoms with van der Waals surface area (Å²) in [5.74, 6) is -1.71. The molecule has 0 aliphatic rings. The fourth-order valence-corrected chi connectivity index (χ4v) is 1.82. The largest absolute Gasteiger partial charge is 0.478 e. The molecule has 1 aromatic carbocycles. The van der Waals surface area contributed by atoms with E-state index in [2.05, 4.69) is 10.4 Å². The Morgan fingerprint density at radius 1 is 1.47 bits per heavy atom. The van der Waals surface area contributed by atoms with Gasteiger partial charge in [0.25, 0.3) is 0 Å². The van der Waals surface area contributed by atoms with Crippen molar-refractivity contribution in [3.05, 3.63) is 47.5 Å². The zero-order chi connectivity index (χ0) is 13.8. The topological polar surface area (TPSA) is 67.2 Å². The molecule has 2 aromatic rings. The minimum absolute atomic E-state index is 0.0648. The summed E-state index contributed by atoms with van der Waals surface area (Å²) < 4.78 is 14.8. The maximum atomic E-state index is 13.0. The number of halogens is 1. The van der Waals surface area contributed by atoms with Crippen LogP contribution in [0.2, 0.25) is 0 Å². The van der Waals surface area contributed by atoms with Crippen molar-refractivity contribution in [3.63, 3.8) is 0 Å². The van der Waals surface area contributed by atoms with E-state index in [9.17, 15) is 9.18 Å². The smallest absolute Gasteiger partial charge is 0.337 e. The number of hydrogen-bond donors (Lipinski definition) is 2. The third-order valence-corrected chi connectivity index (χ3v) is 2.83. The SMILES string of the molecule is Cn1nccc1CCNc1ccc(F)cc1C(=O)O. The van der Waals surface area contributed by atoms with Gasteiger partial charge >= 0.3 is 5.97 Å². The van der Waals surface area contributed by atoms with Gasteiger partial charge < -0.3 is 10.4 Å². The van der Waals surface area contributed by atoms with Gasteiger partial charge in [0.05, 0.1) is 5.56 Å². The second-order valence-corrected chi connectivity index (χ2v) is 4.12. The molecule has 0 amide bonds. The summed E-state index contributed by atoms with van der Waals surface area (Å²) in [6.45, 7) is 0.547. The molecule has 0 aliphatic carbocycles. The lowest BCUT2D eigenvalue weighted by Crippen LogP contribution is -2.11. The van der Waals surface area contributed by atoms with Crippen LogP contribution >= 0.6 is 0 Å². The van der Waals surface area contributed by atoms with Crippen molar-refractivity contribution in [1.29, 1.82) is 0 Å². The molecule has 0 bridgehead atoms. The quantitative estimate of drug-likeness (QED) is 0.864. The predicted molar refractivity (Wildman–Crippen MR) is 68.8 cm³/mol. The minimum atomic E-state index is -1.15. The lowest BCUT2D eigenvalue weighted by molar-refractivity contribution is 0.0697. The number of aromatic carboxylic acids is 1. The van der Waals surface area contributed by atoms with Gasteiger partial charge in [-0.1, -0.05) is 0 Å². The van der Waals surface area contributed by atoms with Gasteiger partial charge in [0, 0.05) is 37.6 Å². The van der Waals surface area contributed by atoms with Crippen molar-refractivity contribution in [1.82, 2.24) is 9.78 Å². The summed E-state index contributed by atoms with van der Waals surface area (Å²) in [6, 6.07) is 5.57. The summed E-state index contributed by atoms with van der Waals surface area (Å²) in [6.07, 6.45) is 2.41. The van der Waals surface area contributed by atoms with E-state index in [1.807, 2.05) is 13.1 Å². The van der Waals surface area contributed by atoms with E-state index in [-0.39, 0.29) is 5.56 Å². The van der Waals surface area contributed by atoms with Crippen LogP contribution in [0, 0.1) is 5.82 Å². The summed E-state index contributed by atoms with van der Waals surface area (Å²) in [5.41, 5.74) is 1.38. The number of nitrogens with one attached hydrogen (secondary N) is 1. The Morgan fingerprint density at radius 2 is 2.26 bits per heavy atom. The standard InChI is InChI=1S/C13H14FN3O2/c1-17-10(5-7-16-17)4-6-15-12-3-2-9(14)8-11(12)13(18)19/h2-3,5,7-8,15H,4,6H2,1H3,(H,18,19). The molecule has 0 aliphatic heterocycles. The third kappa shape index (κ3) is 3.09. The second kappa shape index (κ2) is 5.51. The Balaban J connectivity index is 2.03. The number of hydrogen-bond acceptors (Lipinski definition) is 3. The van der Waals surface area contributed by atoms with E-state index in [1.165, 1.54) is 12.1 Å². The van der Waals surface area contributed by atoms with Crippen LogP contribution in [0.1, 0.15) is 16.1 Å². The fraction of sp³-hybridized carbons (Fsp3) is 0.231. The van der Waals surface area contributed by atoms with Crippen LogP contribution in [-0.2, 0) is 13.5 Å². The highest BCUT2D eigenvalue weighted by Crippen LogP contribution is 2.17. The van der Waals surface area contributed by atoms with Gasteiger partial charge in [-0.25, -0.2) is 9.18 Å². The molecule has 0 radical (unpaired) electrons. The number of nitrogens with zero attached hydrogens (tertiary/aromatic N) is 2. The lowest BCUT2D eigenvalue weighted by Gasteiger charge is -2.09. The maximum absolute atomic E-state index is 13.0. The van der Waals surface area contributed by atoms with Crippen molar-refractivity contribution in [2.24, 2.45) is 7.05 Å². The van der Waals surface area contributed by atoms with Gasteiger partial charge in [-0.05, 0) is 24.3 Å². The van der Waals surface area contributed by atoms with Gasteiger partial charge in [0.15, 0.2) is 0 Å². The normalized spacial score (nSPS) is 10.4. The lowest BCUT2D eigenvalue weighted by atomic mass is 10.1. The highest BCUT2D eigenvalue weighted by molar-refractivity contribution is 5.94. The molecule has 0 fully saturated rings. The zero-order valence-electron chi connectivity index (χ0n) is 10.4. The molecule has 19 heavy (non-hydrogen) atoms. The molecule has 0 unspecified atom stereocenters. The summed E-state index contributed by atoms with van der Waals surface area (Å²) in [7, 11) is 1.84. The highest BCUT2D eigenvalue weighted by Gasteiger charge is 2.11. The van der Waals surface area contributed by atoms with E-state index in [1.54, 1.807) is 10.9 Å². The van der Waals surface area contributed by atoms with E-state index in [0.717, 1.165) is 11.8 Å². The molecule has 2 N–H and O–H groups in total. The maximum Gasteiger partial charge on any atom is 0.337 e. The first-order chi connectivity index (χ1) is 9.08. The van der Waals surface area contributed by atoms with Crippen LogP contribution in [0.3, 0.4) is 0 Å². The van der Waals surface area contributed by atoms with E-state index < -0.39 is 11.8 Å². The molecule has 0 saturated carbocycles. The van der Waals surface area contributed by atoms with Gasteiger partial charge in [-0.2, -0.15) is 5.10 Å². The monoisotopic (exact) mass is 263 g/mol. The summed E-state index contributed by atoms with van der Waals surface area (Å²) >= 11 is 0. The molecule has 6 heteroatoms. The molecule has 0 spiro atoms. The zero-order valence-corrected chi connectivity index (χ0v) is 10.4. The average molecular weight is 263 g/mol. The molecule has 0 saturated heterocycles. The summed E-state index contributed by atoms with van der Waals surface area (Å²) in [5, 5.41) is 16.0. The third-order valence-electron chi connectivity index (χ3n) is 2.83. The van der Waals surface area contributed by atoms with E-state index in [0.29, 0.717) is 18.7 Å². The molecule has 2 rings (SSSR count). The molecule has 1 aromatic heterocycles. The molecule has 0 atom stereocenters. The first kappa shape index (κ1) is 13.1. The highest BCUT2D eigenvalue weighted by atomic mass is 19.1. The first-order valence-corrected chi connectivity index (χ1v) is 5.81. The van der Waals surface area contributed by atoms with Crippen molar-refractivity contribution in [2.75, 3.05) is 11.9 Å². The Bertz CT molecular complexity index is 595. The van der Waals surface area contributed by atoms with Crippen LogP contribution in [-0.4, -0.2) is 27.4 Å². The van der Waals surface area contributed by atoms with Gasteiger partial charge in [-0.15, -0.1) is 0 Å². The van der Waals surface area contributed by atoms with Gasteiger partial charge in [0.1, 0.15) is 5.82 Å². The Kier molecular flexibility index (Phi) is 3.79. The molecule has 100 valence electrons. The summed E-state index contributed by atoms with van der Waals surface area (Å²) in [4.78, 5) is 11.0. The Hall–Kier alpha value is -2.37. The van der Waals surface area contributed by atoms with E-state index in [4.69, 9.17) is 5.11 Å². The Labute approximate surface area is 109 Å². The van der Waals surface area contributed by atoms with Crippen molar-refractivity contribution < 1.29 is 14.3 Å².